The van der Waals surface area contributed by atoms with Crippen LogP contribution in [0.5, 0.6) is 17.2 Å². The van der Waals surface area contributed by atoms with Crippen molar-refractivity contribution < 1.29 is 19.0 Å². The average Bonchev–Trinajstić information content (AvgIpc) is 2.60. The average molecular weight is 327 g/mol. The van der Waals surface area contributed by atoms with Gasteiger partial charge in [0.05, 0.1) is 0 Å². The van der Waals surface area contributed by atoms with E-state index in [0.29, 0.717) is 25.5 Å². The quantitative estimate of drug-likeness (QED) is 0.886. The second-order valence-corrected chi connectivity index (χ2v) is 5.68. The van der Waals surface area contributed by atoms with Gasteiger partial charge in [0.25, 0.3) is 5.91 Å². The molecule has 0 aliphatic carbocycles. The Hall–Kier alpha value is -2.69. The lowest BCUT2D eigenvalue weighted by Gasteiger charge is -2.18. The number of rotatable bonds is 6. The number of fused-ring (bicyclic) bond motifs is 1. The van der Waals surface area contributed by atoms with Crippen molar-refractivity contribution in [2.45, 2.75) is 13.3 Å². The van der Waals surface area contributed by atoms with E-state index in [9.17, 15) is 4.79 Å². The SMILES string of the molecule is Cc1cccc(OCC(=O)NCCc2ccc3c(c2)OCCO3)c1. The summed E-state index contributed by atoms with van der Waals surface area (Å²) in [7, 11) is 0. The molecule has 0 radical (unpaired) electrons. The molecule has 5 nitrogen and oxygen atoms in total. The Morgan fingerprint density at radius 2 is 1.96 bits per heavy atom. The normalized spacial score (nSPS) is 12.5. The highest BCUT2D eigenvalue weighted by Gasteiger charge is 2.11. The smallest absolute Gasteiger partial charge is 0.257 e. The second-order valence-electron chi connectivity index (χ2n) is 5.68. The number of ether oxygens (including phenoxy) is 3. The molecule has 1 heterocycles. The molecule has 3 rings (SSSR count). The van der Waals surface area contributed by atoms with Gasteiger partial charge in [-0.2, -0.15) is 0 Å². The minimum atomic E-state index is -0.131. The molecule has 0 saturated carbocycles. The summed E-state index contributed by atoms with van der Waals surface area (Å²) in [6.07, 6.45) is 0.729. The number of amides is 1. The molecule has 1 aliphatic rings. The van der Waals surface area contributed by atoms with E-state index in [2.05, 4.69) is 5.32 Å². The first-order valence-electron chi connectivity index (χ1n) is 8.05. The zero-order valence-electron chi connectivity index (χ0n) is 13.7. The van der Waals surface area contributed by atoms with E-state index in [-0.39, 0.29) is 12.5 Å². The van der Waals surface area contributed by atoms with Crippen LogP contribution in [0.1, 0.15) is 11.1 Å². The Morgan fingerprint density at radius 3 is 2.79 bits per heavy atom. The van der Waals surface area contributed by atoms with Gasteiger partial charge in [-0.05, 0) is 48.7 Å². The Balaban J connectivity index is 1.42. The van der Waals surface area contributed by atoms with Gasteiger partial charge in [0.15, 0.2) is 18.1 Å². The van der Waals surface area contributed by atoms with Gasteiger partial charge in [-0.25, -0.2) is 0 Å². The number of benzene rings is 2. The molecule has 2 aromatic carbocycles. The lowest BCUT2D eigenvalue weighted by Crippen LogP contribution is -2.30. The number of hydrogen-bond donors (Lipinski definition) is 1. The van der Waals surface area contributed by atoms with Crippen molar-refractivity contribution in [3.05, 3.63) is 53.6 Å². The fourth-order valence-corrected chi connectivity index (χ4v) is 2.49. The number of hydrogen-bond acceptors (Lipinski definition) is 4. The maximum absolute atomic E-state index is 11.8. The first-order chi connectivity index (χ1) is 11.7. The van der Waals surface area contributed by atoms with Gasteiger partial charge < -0.3 is 19.5 Å². The lowest BCUT2D eigenvalue weighted by atomic mass is 10.1. The topological polar surface area (TPSA) is 56.8 Å². The van der Waals surface area contributed by atoms with Gasteiger partial charge >= 0.3 is 0 Å². The van der Waals surface area contributed by atoms with Crippen molar-refractivity contribution in [1.29, 1.82) is 0 Å². The van der Waals surface area contributed by atoms with Crippen molar-refractivity contribution >= 4 is 5.91 Å². The van der Waals surface area contributed by atoms with E-state index in [1.807, 2.05) is 49.4 Å². The first-order valence-corrected chi connectivity index (χ1v) is 8.05. The molecule has 24 heavy (non-hydrogen) atoms. The molecule has 0 unspecified atom stereocenters. The molecule has 1 amide bonds. The van der Waals surface area contributed by atoms with Crippen LogP contribution >= 0.6 is 0 Å². The van der Waals surface area contributed by atoms with E-state index in [1.54, 1.807) is 0 Å². The van der Waals surface area contributed by atoms with Crippen molar-refractivity contribution in [1.82, 2.24) is 5.32 Å². The number of nitrogens with one attached hydrogen (secondary N) is 1. The highest BCUT2D eigenvalue weighted by molar-refractivity contribution is 5.77. The van der Waals surface area contributed by atoms with Crippen LogP contribution in [0.4, 0.5) is 0 Å². The molecule has 0 spiro atoms. The molecule has 0 aromatic heterocycles. The minimum Gasteiger partial charge on any atom is -0.486 e. The predicted molar refractivity (Wildman–Crippen MR) is 90.8 cm³/mol. The van der Waals surface area contributed by atoms with E-state index in [4.69, 9.17) is 14.2 Å². The summed E-state index contributed by atoms with van der Waals surface area (Å²) in [6, 6.07) is 13.5. The minimum absolute atomic E-state index is 0.0184. The summed E-state index contributed by atoms with van der Waals surface area (Å²) in [5, 5.41) is 2.86. The van der Waals surface area contributed by atoms with Gasteiger partial charge in [-0.15, -0.1) is 0 Å². The lowest BCUT2D eigenvalue weighted by molar-refractivity contribution is -0.123. The van der Waals surface area contributed by atoms with Crippen LogP contribution in [-0.4, -0.2) is 32.3 Å². The molecule has 2 aromatic rings. The maximum Gasteiger partial charge on any atom is 0.257 e. The van der Waals surface area contributed by atoms with Crippen LogP contribution < -0.4 is 19.5 Å². The van der Waals surface area contributed by atoms with Crippen LogP contribution in [0.3, 0.4) is 0 Å². The maximum atomic E-state index is 11.8. The molecule has 0 fully saturated rings. The predicted octanol–water partition coefficient (Wildman–Crippen LogP) is 2.50. The van der Waals surface area contributed by atoms with Crippen LogP contribution in [-0.2, 0) is 11.2 Å². The van der Waals surface area contributed by atoms with E-state index < -0.39 is 0 Å². The summed E-state index contributed by atoms with van der Waals surface area (Å²) in [6.45, 7) is 3.72. The monoisotopic (exact) mass is 327 g/mol. The number of aryl methyl sites for hydroxylation is 1. The van der Waals surface area contributed by atoms with Gasteiger partial charge in [0.1, 0.15) is 19.0 Å². The molecule has 0 atom stereocenters. The van der Waals surface area contributed by atoms with E-state index >= 15 is 0 Å². The summed E-state index contributed by atoms with van der Waals surface area (Å²) < 4.78 is 16.5. The van der Waals surface area contributed by atoms with Crippen LogP contribution in [0.2, 0.25) is 0 Å². The third-order valence-corrected chi connectivity index (χ3v) is 3.70. The molecule has 1 aliphatic heterocycles. The zero-order chi connectivity index (χ0) is 16.8. The van der Waals surface area contributed by atoms with Crippen LogP contribution in [0.25, 0.3) is 0 Å². The summed E-state index contributed by atoms with van der Waals surface area (Å²) in [5.74, 6) is 2.12. The third-order valence-electron chi connectivity index (χ3n) is 3.70. The van der Waals surface area contributed by atoms with Crippen molar-refractivity contribution in [3.63, 3.8) is 0 Å². The summed E-state index contributed by atoms with van der Waals surface area (Å²) in [5.41, 5.74) is 2.20. The highest BCUT2D eigenvalue weighted by Crippen LogP contribution is 2.30. The van der Waals surface area contributed by atoms with E-state index in [1.165, 1.54) is 0 Å². The summed E-state index contributed by atoms with van der Waals surface area (Å²) in [4.78, 5) is 11.8. The fraction of sp³-hybridized carbons (Fsp3) is 0.316. The van der Waals surface area contributed by atoms with Crippen LogP contribution in [0.15, 0.2) is 42.5 Å². The molecule has 126 valence electrons. The van der Waals surface area contributed by atoms with Crippen molar-refractivity contribution in [2.24, 2.45) is 0 Å². The summed E-state index contributed by atoms with van der Waals surface area (Å²) >= 11 is 0. The molecule has 1 N–H and O–H groups in total. The molecular weight excluding hydrogens is 306 g/mol. The third kappa shape index (κ3) is 4.41. The largest absolute Gasteiger partial charge is 0.486 e. The zero-order valence-corrected chi connectivity index (χ0v) is 13.7. The number of carbonyl (C=O) groups is 1. The van der Waals surface area contributed by atoms with Gasteiger partial charge in [0.2, 0.25) is 0 Å². The van der Waals surface area contributed by atoms with Crippen molar-refractivity contribution in [2.75, 3.05) is 26.4 Å². The molecule has 5 heteroatoms. The Kier molecular flexibility index (Phi) is 5.21. The molecule has 0 bridgehead atoms. The first kappa shape index (κ1) is 16.2. The van der Waals surface area contributed by atoms with E-state index in [0.717, 1.165) is 29.0 Å². The van der Waals surface area contributed by atoms with Gasteiger partial charge in [0, 0.05) is 6.54 Å². The van der Waals surface area contributed by atoms with Crippen LogP contribution in [0, 0.1) is 6.92 Å². The van der Waals surface area contributed by atoms with Crippen molar-refractivity contribution in [3.8, 4) is 17.2 Å². The fourth-order valence-electron chi connectivity index (χ4n) is 2.49. The Bertz CT molecular complexity index is 714. The Labute approximate surface area is 141 Å². The second kappa shape index (κ2) is 7.73. The molecular formula is C19H21NO4. The number of carbonyl (C=O) groups excluding carboxylic acids is 1. The molecule has 0 saturated heterocycles. The standard InChI is InChI=1S/C19H21NO4/c1-14-3-2-4-16(11-14)24-13-19(21)20-8-7-15-5-6-17-18(12-15)23-10-9-22-17/h2-6,11-12H,7-10,13H2,1H3,(H,20,21). The highest BCUT2D eigenvalue weighted by atomic mass is 16.6. The van der Waals surface area contributed by atoms with Gasteiger partial charge in [-0.3, -0.25) is 4.79 Å². The van der Waals surface area contributed by atoms with Gasteiger partial charge in [-0.1, -0.05) is 18.2 Å². The Morgan fingerprint density at radius 1 is 1.12 bits per heavy atom.